The Morgan fingerprint density at radius 2 is 1.86 bits per heavy atom. The van der Waals surface area contributed by atoms with E-state index in [2.05, 4.69) is 20.2 Å². The number of hydrogen-bond donors (Lipinski definition) is 4. The quantitative estimate of drug-likeness (QED) is 0.246. The second-order valence-electron chi connectivity index (χ2n) is 7.92. The monoisotopic (exact) mass is 502 g/mol. The van der Waals surface area contributed by atoms with Crippen LogP contribution in [0.1, 0.15) is 17.4 Å². The number of anilines is 1. The second kappa shape index (κ2) is 10.4. The molecule has 11 heteroatoms. The molecule has 1 atom stereocenters. The van der Waals surface area contributed by atoms with Gasteiger partial charge < -0.3 is 15.2 Å². The van der Waals surface area contributed by atoms with E-state index in [1.807, 2.05) is 25.1 Å². The van der Waals surface area contributed by atoms with Gasteiger partial charge in [0.05, 0.1) is 22.2 Å². The molecule has 0 spiro atoms. The summed E-state index contributed by atoms with van der Waals surface area (Å²) in [5.41, 5.74) is 2.42. The Hall–Kier alpha value is -3.54. The Labute approximate surface area is 201 Å². The Morgan fingerprint density at radius 3 is 2.63 bits per heavy atom. The summed E-state index contributed by atoms with van der Waals surface area (Å²) in [5, 5.41) is 21.7. The van der Waals surface area contributed by atoms with Crippen molar-refractivity contribution in [2.24, 2.45) is 0 Å². The molecular formula is C24H24F2N4O4S. The van der Waals surface area contributed by atoms with Crippen LogP contribution >= 0.6 is 0 Å². The van der Waals surface area contributed by atoms with Crippen molar-refractivity contribution in [3.63, 3.8) is 0 Å². The van der Waals surface area contributed by atoms with Crippen LogP contribution in [-0.2, 0) is 10.0 Å². The van der Waals surface area contributed by atoms with E-state index in [9.17, 15) is 22.3 Å². The van der Waals surface area contributed by atoms with Crippen LogP contribution in [0.4, 0.5) is 14.5 Å². The molecule has 0 aliphatic heterocycles. The van der Waals surface area contributed by atoms with Crippen molar-refractivity contribution >= 4 is 26.6 Å². The highest BCUT2D eigenvalue weighted by Gasteiger charge is 2.17. The third kappa shape index (κ3) is 6.13. The third-order valence-electron chi connectivity index (χ3n) is 5.28. The minimum absolute atomic E-state index is 0.152. The average molecular weight is 503 g/mol. The number of nitrogens with one attached hydrogen (secondary N) is 3. The molecule has 0 fully saturated rings. The maximum atomic E-state index is 13.4. The predicted octanol–water partition coefficient (Wildman–Crippen LogP) is 3.65. The maximum absolute atomic E-state index is 13.4. The van der Waals surface area contributed by atoms with Gasteiger partial charge in [-0.05, 0) is 48.9 Å². The Balaban J connectivity index is 1.29. The average Bonchev–Trinajstić information content (AvgIpc) is 3.18. The van der Waals surface area contributed by atoms with Crippen molar-refractivity contribution in [3.8, 4) is 5.75 Å². The number of aromatic nitrogens is 2. The summed E-state index contributed by atoms with van der Waals surface area (Å²) < 4.78 is 59.8. The van der Waals surface area contributed by atoms with Crippen LogP contribution in [0.3, 0.4) is 0 Å². The molecule has 0 bridgehead atoms. The van der Waals surface area contributed by atoms with E-state index in [0.29, 0.717) is 30.5 Å². The van der Waals surface area contributed by atoms with Gasteiger partial charge in [-0.1, -0.05) is 12.1 Å². The van der Waals surface area contributed by atoms with Gasteiger partial charge in [-0.25, -0.2) is 17.2 Å². The number of aliphatic hydroxyl groups is 1. The number of aryl methyl sites for hydroxylation is 1. The van der Waals surface area contributed by atoms with E-state index < -0.39 is 32.7 Å². The van der Waals surface area contributed by atoms with E-state index >= 15 is 0 Å². The van der Waals surface area contributed by atoms with Gasteiger partial charge in [-0.3, -0.25) is 9.82 Å². The Morgan fingerprint density at radius 1 is 1.09 bits per heavy atom. The third-order valence-corrected chi connectivity index (χ3v) is 6.64. The smallest absolute Gasteiger partial charge is 0.262 e. The first-order valence-electron chi connectivity index (χ1n) is 10.8. The summed E-state index contributed by atoms with van der Waals surface area (Å²) >= 11 is 0. The lowest BCUT2D eigenvalue weighted by Crippen LogP contribution is -2.26. The van der Waals surface area contributed by atoms with E-state index in [1.165, 1.54) is 12.1 Å². The molecule has 184 valence electrons. The van der Waals surface area contributed by atoms with Gasteiger partial charge >= 0.3 is 0 Å². The summed E-state index contributed by atoms with van der Waals surface area (Å²) in [4.78, 5) is -0.538. The van der Waals surface area contributed by atoms with E-state index in [4.69, 9.17) is 4.74 Å². The molecular weight excluding hydrogens is 478 g/mol. The lowest BCUT2D eigenvalue weighted by molar-refractivity contribution is 0.172. The van der Waals surface area contributed by atoms with E-state index in [-0.39, 0.29) is 12.2 Å². The molecule has 0 saturated heterocycles. The molecule has 0 amide bonds. The Bertz CT molecular complexity index is 1420. The van der Waals surface area contributed by atoms with E-state index in [1.54, 1.807) is 12.1 Å². The van der Waals surface area contributed by atoms with Gasteiger partial charge in [0.15, 0.2) is 0 Å². The van der Waals surface area contributed by atoms with Gasteiger partial charge in [-0.15, -0.1) is 0 Å². The molecule has 0 radical (unpaired) electrons. The van der Waals surface area contributed by atoms with Crippen LogP contribution in [0.25, 0.3) is 10.9 Å². The molecule has 4 aromatic rings. The molecule has 1 heterocycles. The second-order valence-corrected chi connectivity index (χ2v) is 9.60. The molecule has 4 rings (SSSR count). The number of rotatable bonds is 10. The minimum atomic E-state index is -4.21. The molecule has 0 aliphatic rings. The number of aliphatic hydroxyl groups excluding tert-OH is 1. The van der Waals surface area contributed by atoms with Crippen LogP contribution in [-0.4, -0.2) is 43.4 Å². The van der Waals surface area contributed by atoms with Crippen LogP contribution in [0, 0.1) is 18.6 Å². The van der Waals surface area contributed by atoms with Crippen molar-refractivity contribution in [3.05, 3.63) is 83.6 Å². The number of fused-ring (bicyclic) bond motifs is 1. The predicted molar refractivity (Wildman–Crippen MR) is 128 cm³/mol. The lowest BCUT2D eigenvalue weighted by atomic mass is 10.1. The first-order chi connectivity index (χ1) is 16.7. The van der Waals surface area contributed by atoms with Crippen LogP contribution in [0.5, 0.6) is 5.75 Å². The summed E-state index contributed by atoms with van der Waals surface area (Å²) in [5.74, 6) is -1.30. The molecule has 0 unspecified atom stereocenters. The van der Waals surface area contributed by atoms with Crippen molar-refractivity contribution in [2.45, 2.75) is 17.9 Å². The highest BCUT2D eigenvalue weighted by atomic mass is 32.2. The normalized spacial score (nSPS) is 12.6. The zero-order valence-electron chi connectivity index (χ0n) is 18.8. The van der Waals surface area contributed by atoms with Gasteiger partial charge in [0.25, 0.3) is 10.0 Å². The number of benzene rings is 3. The SMILES string of the molecule is Cc1n[nH]c2cc(OCCNC[C@H](O)c3cccc(NS(=O)(=O)c4cc(F)cc(F)c4)c3)ccc12. The first-order valence-corrected chi connectivity index (χ1v) is 12.2. The van der Waals surface area contributed by atoms with Crippen molar-refractivity contribution in [1.82, 2.24) is 15.5 Å². The number of hydrogen-bond acceptors (Lipinski definition) is 6. The van der Waals surface area contributed by atoms with Crippen LogP contribution in [0.15, 0.2) is 65.6 Å². The maximum Gasteiger partial charge on any atom is 0.262 e. The molecule has 0 aliphatic carbocycles. The zero-order chi connectivity index (χ0) is 25.0. The number of ether oxygens (including phenoxy) is 1. The van der Waals surface area contributed by atoms with Crippen molar-refractivity contribution in [2.75, 3.05) is 24.4 Å². The standard InChI is InChI=1S/C24H24F2N4O4S/c1-15-22-6-5-20(13-23(22)29-28-15)34-8-7-27-14-24(31)16-3-2-4-19(9-16)30-35(32,33)21-11-17(25)10-18(26)12-21/h2-6,9-13,24,27,30-31H,7-8,14H2,1H3,(H,28,29)/t24-/m0/s1. The number of sulfonamides is 1. The van der Waals surface area contributed by atoms with Gasteiger partial charge in [0.2, 0.25) is 0 Å². The number of nitrogens with zero attached hydrogens (tertiary/aromatic N) is 1. The lowest BCUT2D eigenvalue weighted by Gasteiger charge is -2.15. The fraction of sp³-hybridized carbons (Fsp3) is 0.208. The summed E-state index contributed by atoms with van der Waals surface area (Å²) in [6.07, 6.45) is -0.921. The van der Waals surface area contributed by atoms with Gasteiger partial charge in [0, 0.05) is 36.3 Å². The van der Waals surface area contributed by atoms with Crippen LogP contribution < -0.4 is 14.8 Å². The highest BCUT2D eigenvalue weighted by Crippen LogP contribution is 2.23. The molecule has 3 aromatic carbocycles. The summed E-state index contributed by atoms with van der Waals surface area (Å²) in [6.45, 7) is 2.96. The topological polar surface area (TPSA) is 116 Å². The van der Waals surface area contributed by atoms with Crippen molar-refractivity contribution in [1.29, 1.82) is 0 Å². The summed E-state index contributed by atoms with van der Waals surface area (Å²) in [6, 6.07) is 13.9. The van der Waals surface area contributed by atoms with E-state index in [0.717, 1.165) is 28.7 Å². The molecule has 1 aromatic heterocycles. The molecule has 0 saturated carbocycles. The van der Waals surface area contributed by atoms with Gasteiger partial charge in [-0.2, -0.15) is 5.10 Å². The Kier molecular flexibility index (Phi) is 7.29. The number of aromatic amines is 1. The number of H-pyrrole nitrogens is 1. The largest absolute Gasteiger partial charge is 0.492 e. The summed E-state index contributed by atoms with van der Waals surface area (Å²) in [7, 11) is -4.21. The fourth-order valence-electron chi connectivity index (χ4n) is 3.53. The molecule has 4 N–H and O–H groups in total. The first kappa shape index (κ1) is 24.6. The van der Waals surface area contributed by atoms with Crippen LogP contribution in [0.2, 0.25) is 0 Å². The molecule has 8 nitrogen and oxygen atoms in total. The number of halogens is 2. The van der Waals surface area contributed by atoms with Gasteiger partial charge in [0.1, 0.15) is 24.0 Å². The minimum Gasteiger partial charge on any atom is -0.492 e. The fourth-order valence-corrected chi connectivity index (χ4v) is 4.62. The van der Waals surface area contributed by atoms with Crippen molar-refractivity contribution < 1.29 is 27.0 Å². The molecule has 35 heavy (non-hydrogen) atoms. The zero-order valence-corrected chi connectivity index (χ0v) is 19.6. The highest BCUT2D eigenvalue weighted by molar-refractivity contribution is 7.92.